The number of nitrogens with zero attached hydrogens (tertiary/aromatic N) is 2. The molecular weight excluding hydrogens is 214 g/mol. The van der Waals surface area contributed by atoms with E-state index in [0.717, 1.165) is 31.1 Å². The van der Waals surface area contributed by atoms with Crippen LogP contribution in [0.2, 0.25) is 0 Å². The number of aromatic nitrogens is 2. The molecule has 0 amide bonds. The van der Waals surface area contributed by atoms with Gasteiger partial charge in [-0.3, -0.25) is 0 Å². The molecular formula is C13H25N3O. The van der Waals surface area contributed by atoms with E-state index in [0.29, 0.717) is 12.0 Å². The van der Waals surface area contributed by atoms with E-state index in [2.05, 4.69) is 50.1 Å². The van der Waals surface area contributed by atoms with Gasteiger partial charge in [0.25, 0.3) is 0 Å². The Morgan fingerprint density at radius 3 is 2.47 bits per heavy atom. The Morgan fingerprint density at radius 1 is 1.24 bits per heavy atom. The van der Waals surface area contributed by atoms with E-state index in [9.17, 15) is 0 Å². The van der Waals surface area contributed by atoms with Crippen LogP contribution in [0.25, 0.3) is 0 Å². The Bertz CT molecular complexity index is 322. The number of rotatable bonds is 7. The van der Waals surface area contributed by atoms with Crippen molar-refractivity contribution in [3.05, 3.63) is 11.7 Å². The maximum Gasteiger partial charge on any atom is 0.231 e. The Labute approximate surface area is 104 Å². The Hall–Kier alpha value is -0.900. The first-order chi connectivity index (χ1) is 8.10. The lowest BCUT2D eigenvalue weighted by atomic mass is 9.89. The minimum Gasteiger partial charge on any atom is -0.339 e. The van der Waals surface area contributed by atoms with Crippen LogP contribution in [0.1, 0.15) is 58.7 Å². The molecule has 0 saturated carbocycles. The van der Waals surface area contributed by atoms with Crippen molar-refractivity contribution in [1.82, 2.24) is 15.5 Å². The second-order valence-electron chi connectivity index (χ2n) is 4.91. The van der Waals surface area contributed by atoms with Crippen molar-refractivity contribution in [3.63, 3.8) is 0 Å². The van der Waals surface area contributed by atoms with E-state index in [1.165, 1.54) is 0 Å². The quantitative estimate of drug-likeness (QED) is 0.795. The predicted molar refractivity (Wildman–Crippen MR) is 69.0 cm³/mol. The lowest BCUT2D eigenvalue weighted by molar-refractivity contribution is 0.280. The number of hydrogen-bond acceptors (Lipinski definition) is 4. The standard InChI is InChI=1S/C13H25N3O/c1-6-8-11-15-13(17-16-11)12(9(3)4)10(5)14-7-2/h9-10,12,14H,6-8H2,1-5H3. The summed E-state index contributed by atoms with van der Waals surface area (Å²) < 4.78 is 5.41. The highest BCUT2D eigenvalue weighted by Gasteiger charge is 2.27. The molecule has 0 saturated heterocycles. The highest BCUT2D eigenvalue weighted by atomic mass is 16.5. The molecule has 1 aromatic rings. The fourth-order valence-electron chi connectivity index (χ4n) is 2.25. The van der Waals surface area contributed by atoms with Crippen molar-refractivity contribution in [2.45, 2.75) is 59.4 Å². The molecule has 0 aliphatic rings. The number of nitrogens with one attached hydrogen (secondary N) is 1. The molecule has 0 bridgehead atoms. The van der Waals surface area contributed by atoms with E-state index in [4.69, 9.17) is 4.52 Å². The molecule has 1 aromatic heterocycles. The highest BCUT2D eigenvalue weighted by Crippen LogP contribution is 2.26. The van der Waals surface area contributed by atoms with E-state index in [1.807, 2.05) is 0 Å². The summed E-state index contributed by atoms with van der Waals surface area (Å²) >= 11 is 0. The van der Waals surface area contributed by atoms with Gasteiger partial charge in [0.05, 0.1) is 5.92 Å². The smallest absolute Gasteiger partial charge is 0.231 e. The van der Waals surface area contributed by atoms with Crippen LogP contribution < -0.4 is 5.32 Å². The molecule has 0 fully saturated rings. The molecule has 0 aromatic carbocycles. The summed E-state index contributed by atoms with van der Waals surface area (Å²) in [5, 5.41) is 7.48. The molecule has 1 N–H and O–H groups in total. The van der Waals surface area contributed by atoms with Crippen molar-refractivity contribution in [2.75, 3.05) is 6.54 Å². The highest BCUT2D eigenvalue weighted by molar-refractivity contribution is 5.00. The minimum absolute atomic E-state index is 0.285. The molecule has 0 spiro atoms. The van der Waals surface area contributed by atoms with E-state index in [-0.39, 0.29) is 5.92 Å². The van der Waals surface area contributed by atoms with Crippen molar-refractivity contribution in [2.24, 2.45) is 5.92 Å². The van der Waals surface area contributed by atoms with Crippen LogP contribution in [0, 0.1) is 5.92 Å². The van der Waals surface area contributed by atoms with Gasteiger partial charge in [-0.15, -0.1) is 0 Å². The van der Waals surface area contributed by atoms with Gasteiger partial charge in [-0.2, -0.15) is 4.98 Å². The fourth-order valence-corrected chi connectivity index (χ4v) is 2.25. The third kappa shape index (κ3) is 3.80. The van der Waals surface area contributed by atoms with Crippen LogP contribution >= 0.6 is 0 Å². The molecule has 17 heavy (non-hydrogen) atoms. The molecule has 1 heterocycles. The minimum atomic E-state index is 0.285. The van der Waals surface area contributed by atoms with Gasteiger partial charge in [-0.1, -0.05) is 32.9 Å². The predicted octanol–water partition coefficient (Wildman–Crippen LogP) is 2.76. The average molecular weight is 239 g/mol. The third-order valence-electron chi connectivity index (χ3n) is 3.03. The first kappa shape index (κ1) is 14.2. The SMILES string of the molecule is CCCc1noc(C(C(C)C)C(C)NCC)n1. The molecule has 4 heteroatoms. The number of hydrogen-bond donors (Lipinski definition) is 1. The maximum atomic E-state index is 5.41. The van der Waals surface area contributed by atoms with Crippen LogP contribution in [0.15, 0.2) is 4.52 Å². The number of likely N-dealkylation sites (N-methyl/N-ethyl adjacent to an activating group) is 1. The van der Waals surface area contributed by atoms with Gasteiger partial charge in [-0.25, -0.2) is 0 Å². The summed E-state index contributed by atoms with van der Waals surface area (Å²) in [6.07, 6.45) is 1.94. The van der Waals surface area contributed by atoms with Gasteiger partial charge < -0.3 is 9.84 Å². The summed E-state index contributed by atoms with van der Waals surface area (Å²) in [7, 11) is 0. The van der Waals surface area contributed by atoms with Crippen LogP contribution in [0.5, 0.6) is 0 Å². The lowest BCUT2D eigenvalue weighted by Gasteiger charge is -2.24. The fraction of sp³-hybridized carbons (Fsp3) is 0.846. The van der Waals surface area contributed by atoms with Crippen molar-refractivity contribution in [3.8, 4) is 0 Å². The molecule has 0 radical (unpaired) electrons. The van der Waals surface area contributed by atoms with Crippen LogP contribution in [0.3, 0.4) is 0 Å². The zero-order chi connectivity index (χ0) is 12.8. The van der Waals surface area contributed by atoms with Gasteiger partial charge in [0, 0.05) is 12.5 Å². The zero-order valence-electron chi connectivity index (χ0n) is 11.7. The number of aryl methyl sites for hydroxylation is 1. The van der Waals surface area contributed by atoms with Gasteiger partial charge in [-0.05, 0) is 25.8 Å². The second kappa shape index (κ2) is 6.74. The molecule has 0 aliphatic heterocycles. The first-order valence-electron chi connectivity index (χ1n) is 6.65. The van der Waals surface area contributed by atoms with Crippen molar-refractivity contribution < 1.29 is 4.52 Å². The molecule has 2 atom stereocenters. The topological polar surface area (TPSA) is 51.0 Å². The van der Waals surface area contributed by atoms with E-state index < -0.39 is 0 Å². The second-order valence-corrected chi connectivity index (χ2v) is 4.91. The Morgan fingerprint density at radius 2 is 1.94 bits per heavy atom. The zero-order valence-corrected chi connectivity index (χ0v) is 11.7. The monoisotopic (exact) mass is 239 g/mol. The first-order valence-corrected chi connectivity index (χ1v) is 6.65. The van der Waals surface area contributed by atoms with Crippen LogP contribution in [-0.4, -0.2) is 22.7 Å². The molecule has 4 nitrogen and oxygen atoms in total. The molecule has 2 unspecified atom stereocenters. The summed E-state index contributed by atoms with van der Waals surface area (Å²) in [4.78, 5) is 4.51. The van der Waals surface area contributed by atoms with Gasteiger partial charge in [0.2, 0.25) is 5.89 Å². The average Bonchev–Trinajstić information content (AvgIpc) is 2.67. The van der Waals surface area contributed by atoms with Gasteiger partial charge in [0.15, 0.2) is 5.82 Å². The summed E-state index contributed by atoms with van der Waals surface area (Å²) in [6.45, 7) is 11.8. The van der Waals surface area contributed by atoms with Gasteiger partial charge >= 0.3 is 0 Å². The van der Waals surface area contributed by atoms with E-state index >= 15 is 0 Å². The largest absolute Gasteiger partial charge is 0.339 e. The third-order valence-corrected chi connectivity index (χ3v) is 3.03. The summed E-state index contributed by atoms with van der Waals surface area (Å²) in [5.41, 5.74) is 0. The van der Waals surface area contributed by atoms with Crippen molar-refractivity contribution >= 4 is 0 Å². The lowest BCUT2D eigenvalue weighted by Crippen LogP contribution is -2.34. The molecule has 0 aliphatic carbocycles. The molecule has 98 valence electrons. The Kier molecular flexibility index (Phi) is 5.62. The summed E-state index contributed by atoms with van der Waals surface area (Å²) in [6, 6.07) is 0.356. The van der Waals surface area contributed by atoms with Crippen LogP contribution in [0.4, 0.5) is 0 Å². The molecule has 1 rings (SSSR count). The van der Waals surface area contributed by atoms with Crippen molar-refractivity contribution in [1.29, 1.82) is 0 Å². The van der Waals surface area contributed by atoms with Crippen LogP contribution in [-0.2, 0) is 6.42 Å². The summed E-state index contributed by atoms with van der Waals surface area (Å²) in [5.74, 6) is 2.38. The van der Waals surface area contributed by atoms with Gasteiger partial charge in [0.1, 0.15) is 0 Å². The normalized spacial score (nSPS) is 15.2. The maximum absolute atomic E-state index is 5.41. The Balaban J connectivity index is 2.81. The van der Waals surface area contributed by atoms with E-state index in [1.54, 1.807) is 0 Å².